The molecule has 1 aromatic rings. The van der Waals surface area contributed by atoms with E-state index in [0.717, 1.165) is 18.4 Å². The lowest BCUT2D eigenvalue weighted by Gasteiger charge is -2.16. The highest BCUT2D eigenvalue weighted by molar-refractivity contribution is 5.35. The molecule has 0 saturated carbocycles. The van der Waals surface area contributed by atoms with Crippen LogP contribution in [-0.2, 0) is 0 Å². The molecule has 0 aromatic heterocycles. The first-order valence-electron chi connectivity index (χ1n) is 6.83. The quantitative estimate of drug-likeness (QED) is 0.539. The molecule has 100 valence electrons. The van der Waals surface area contributed by atoms with Gasteiger partial charge in [0.25, 0.3) is 0 Å². The maximum absolute atomic E-state index is 9.92. The second-order valence-corrected chi connectivity index (χ2v) is 4.64. The van der Waals surface area contributed by atoms with Gasteiger partial charge in [0.2, 0.25) is 0 Å². The van der Waals surface area contributed by atoms with Crippen LogP contribution in [0.4, 0.5) is 0 Å². The number of phenolic OH excluding ortho intramolecular Hbond substituents is 1. The lowest BCUT2D eigenvalue weighted by molar-refractivity contribution is 0.342. The molecule has 0 aliphatic heterocycles. The molecule has 1 atom stereocenters. The van der Waals surface area contributed by atoms with E-state index in [2.05, 4.69) is 6.92 Å². The van der Waals surface area contributed by atoms with Crippen LogP contribution in [0.5, 0.6) is 5.75 Å². The summed E-state index contributed by atoms with van der Waals surface area (Å²) in [6, 6.07) is 7.57. The lowest BCUT2D eigenvalue weighted by atomic mass is 9.89. The molecule has 1 rings (SSSR count). The summed E-state index contributed by atoms with van der Waals surface area (Å²) in [4.78, 5) is 0. The minimum Gasteiger partial charge on any atom is -0.508 e. The summed E-state index contributed by atoms with van der Waals surface area (Å²) in [7, 11) is 0. The minimum absolute atomic E-state index is 0.0858. The van der Waals surface area contributed by atoms with Gasteiger partial charge in [-0.15, -0.1) is 0 Å². The SMILES string of the molecule is CCCCCC(C/C=C\CO)c1ccccc1O. The van der Waals surface area contributed by atoms with Gasteiger partial charge >= 0.3 is 0 Å². The van der Waals surface area contributed by atoms with Crippen LogP contribution in [0.1, 0.15) is 50.5 Å². The van der Waals surface area contributed by atoms with E-state index >= 15 is 0 Å². The van der Waals surface area contributed by atoms with Crippen molar-refractivity contribution in [2.75, 3.05) is 6.61 Å². The number of para-hydroxylation sites is 1. The van der Waals surface area contributed by atoms with Gasteiger partial charge in [-0.25, -0.2) is 0 Å². The van der Waals surface area contributed by atoms with Crippen LogP contribution in [0.3, 0.4) is 0 Å². The molecule has 18 heavy (non-hydrogen) atoms. The molecular weight excluding hydrogens is 224 g/mol. The summed E-state index contributed by atoms with van der Waals surface area (Å²) in [6.45, 7) is 2.28. The van der Waals surface area contributed by atoms with Gasteiger partial charge in [-0.05, 0) is 30.4 Å². The second kappa shape index (κ2) is 8.76. The van der Waals surface area contributed by atoms with Crippen molar-refractivity contribution in [3.8, 4) is 5.75 Å². The fraction of sp³-hybridized carbons (Fsp3) is 0.500. The van der Waals surface area contributed by atoms with Crippen LogP contribution >= 0.6 is 0 Å². The Morgan fingerprint density at radius 1 is 1.17 bits per heavy atom. The van der Waals surface area contributed by atoms with Crippen molar-refractivity contribution >= 4 is 0 Å². The summed E-state index contributed by atoms with van der Waals surface area (Å²) < 4.78 is 0. The zero-order valence-corrected chi connectivity index (χ0v) is 11.2. The monoisotopic (exact) mass is 248 g/mol. The molecule has 1 unspecified atom stereocenters. The minimum atomic E-state index is 0.0858. The predicted octanol–water partition coefficient (Wildman–Crippen LogP) is 3.99. The van der Waals surface area contributed by atoms with E-state index in [1.54, 1.807) is 12.1 Å². The first kappa shape index (κ1) is 14.8. The van der Waals surface area contributed by atoms with Gasteiger partial charge in [-0.1, -0.05) is 56.5 Å². The predicted molar refractivity (Wildman–Crippen MR) is 75.8 cm³/mol. The van der Waals surface area contributed by atoms with E-state index in [9.17, 15) is 5.11 Å². The number of aromatic hydroxyl groups is 1. The van der Waals surface area contributed by atoms with Crippen LogP contribution in [-0.4, -0.2) is 16.8 Å². The Kier molecular flexibility index (Phi) is 7.19. The number of hydrogen-bond donors (Lipinski definition) is 2. The Morgan fingerprint density at radius 2 is 1.94 bits per heavy atom. The third-order valence-electron chi connectivity index (χ3n) is 3.23. The molecule has 0 fully saturated rings. The first-order chi connectivity index (χ1) is 8.79. The largest absolute Gasteiger partial charge is 0.508 e. The van der Waals surface area contributed by atoms with E-state index in [1.807, 2.05) is 24.3 Å². The van der Waals surface area contributed by atoms with Gasteiger partial charge in [0.1, 0.15) is 5.75 Å². The van der Waals surface area contributed by atoms with Gasteiger partial charge in [-0.2, -0.15) is 0 Å². The average molecular weight is 248 g/mol. The van der Waals surface area contributed by atoms with Gasteiger partial charge in [0, 0.05) is 0 Å². The van der Waals surface area contributed by atoms with E-state index < -0.39 is 0 Å². The summed E-state index contributed by atoms with van der Waals surface area (Å²) in [5.74, 6) is 0.733. The van der Waals surface area contributed by atoms with Crippen LogP contribution < -0.4 is 0 Å². The van der Waals surface area contributed by atoms with Crippen LogP contribution in [0.15, 0.2) is 36.4 Å². The van der Waals surface area contributed by atoms with Gasteiger partial charge in [0.15, 0.2) is 0 Å². The van der Waals surface area contributed by atoms with Crippen LogP contribution in [0.25, 0.3) is 0 Å². The van der Waals surface area contributed by atoms with E-state index in [0.29, 0.717) is 11.7 Å². The highest BCUT2D eigenvalue weighted by Gasteiger charge is 2.13. The number of allylic oxidation sites excluding steroid dienone is 1. The molecule has 0 amide bonds. The Morgan fingerprint density at radius 3 is 2.61 bits per heavy atom. The van der Waals surface area contributed by atoms with Crippen molar-refractivity contribution < 1.29 is 10.2 Å². The summed E-state index contributed by atoms with van der Waals surface area (Å²) in [5, 5.41) is 18.7. The van der Waals surface area contributed by atoms with Gasteiger partial charge in [-0.3, -0.25) is 0 Å². The third kappa shape index (κ3) is 4.92. The lowest BCUT2D eigenvalue weighted by Crippen LogP contribution is -1.98. The Hall–Kier alpha value is -1.28. The zero-order valence-electron chi connectivity index (χ0n) is 11.2. The summed E-state index contributed by atoms with van der Waals surface area (Å²) in [6.07, 6.45) is 9.36. The Balaban J connectivity index is 2.69. The average Bonchev–Trinajstić information content (AvgIpc) is 2.38. The van der Waals surface area contributed by atoms with E-state index in [1.165, 1.54) is 19.3 Å². The Bertz CT molecular complexity index is 358. The van der Waals surface area contributed by atoms with Crippen LogP contribution in [0.2, 0.25) is 0 Å². The van der Waals surface area contributed by atoms with Crippen molar-refractivity contribution in [2.24, 2.45) is 0 Å². The summed E-state index contributed by atoms with van der Waals surface area (Å²) in [5.41, 5.74) is 1.02. The Labute approximate surface area is 110 Å². The molecule has 2 heteroatoms. The molecule has 0 spiro atoms. The van der Waals surface area contributed by atoms with E-state index in [4.69, 9.17) is 5.11 Å². The van der Waals surface area contributed by atoms with Crippen molar-refractivity contribution in [3.05, 3.63) is 42.0 Å². The van der Waals surface area contributed by atoms with Crippen molar-refractivity contribution in [1.82, 2.24) is 0 Å². The van der Waals surface area contributed by atoms with Crippen molar-refractivity contribution in [1.29, 1.82) is 0 Å². The van der Waals surface area contributed by atoms with Gasteiger partial charge < -0.3 is 10.2 Å². The van der Waals surface area contributed by atoms with E-state index in [-0.39, 0.29) is 6.61 Å². The number of aliphatic hydroxyl groups excluding tert-OH is 1. The fourth-order valence-electron chi connectivity index (χ4n) is 2.21. The molecular formula is C16H24O2. The zero-order chi connectivity index (χ0) is 13.2. The molecule has 0 heterocycles. The fourth-order valence-corrected chi connectivity index (χ4v) is 2.21. The molecule has 0 aliphatic rings. The standard InChI is InChI=1S/C16H24O2/c1-2-3-4-9-14(10-7-8-13-17)15-11-5-6-12-16(15)18/h5-8,11-12,14,17-18H,2-4,9-10,13H2,1H3/b8-7-. The number of unbranched alkanes of at least 4 members (excludes halogenated alkanes) is 2. The maximum Gasteiger partial charge on any atom is 0.119 e. The molecule has 2 nitrogen and oxygen atoms in total. The molecule has 0 bridgehead atoms. The number of phenols is 1. The van der Waals surface area contributed by atoms with Crippen molar-refractivity contribution in [3.63, 3.8) is 0 Å². The number of rotatable bonds is 8. The molecule has 1 aromatic carbocycles. The smallest absolute Gasteiger partial charge is 0.119 e. The number of benzene rings is 1. The normalized spacial score (nSPS) is 13.0. The molecule has 2 N–H and O–H groups in total. The molecule has 0 saturated heterocycles. The summed E-state index contributed by atoms with van der Waals surface area (Å²) >= 11 is 0. The third-order valence-corrected chi connectivity index (χ3v) is 3.23. The molecule has 0 aliphatic carbocycles. The molecule has 0 radical (unpaired) electrons. The second-order valence-electron chi connectivity index (χ2n) is 4.64. The topological polar surface area (TPSA) is 40.5 Å². The van der Waals surface area contributed by atoms with Gasteiger partial charge in [0.05, 0.1) is 6.61 Å². The van der Waals surface area contributed by atoms with Crippen LogP contribution in [0, 0.1) is 0 Å². The number of aliphatic hydroxyl groups is 1. The number of hydrogen-bond acceptors (Lipinski definition) is 2. The van der Waals surface area contributed by atoms with Crippen molar-refractivity contribution in [2.45, 2.75) is 44.9 Å². The maximum atomic E-state index is 9.92. The highest BCUT2D eigenvalue weighted by atomic mass is 16.3. The first-order valence-corrected chi connectivity index (χ1v) is 6.83. The highest BCUT2D eigenvalue weighted by Crippen LogP contribution is 2.32.